The summed E-state index contributed by atoms with van der Waals surface area (Å²) in [7, 11) is -3.53. The fourth-order valence-electron chi connectivity index (χ4n) is 2.29. The lowest BCUT2D eigenvalue weighted by Crippen LogP contribution is -2.40. The van der Waals surface area contributed by atoms with Gasteiger partial charge in [0.1, 0.15) is 5.82 Å². The molecule has 0 bridgehead atoms. The Hall–Kier alpha value is -1.14. The summed E-state index contributed by atoms with van der Waals surface area (Å²) in [5.41, 5.74) is 0.637. The number of rotatable bonds is 4. The third-order valence-corrected chi connectivity index (χ3v) is 4.67. The van der Waals surface area contributed by atoms with Crippen LogP contribution < -0.4 is 10.0 Å². The Bertz CT molecular complexity index is 519. The SMILES string of the molecule is Cc1cccc(F)c1NS(=O)(=O)CC1CCCCN1. The summed E-state index contributed by atoms with van der Waals surface area (Å²) in [4.78, 5) is 0. The van der Waals surface area contributed by atoms with Gasteiger partial charge < -0.3 is 5.32 Å². The molecule has 0 spiro atoms. The molecule has 1 unspecified atom stereocenters. The topological polar surface area (TPSA) is 58.2 Å². The van der Waals surface area contributed by atoms with E-state index in [1.807, 2.05) is 0 Å². The maximum absolute atomic E-state index is 13.6. The second-order valence-electron chi connectivity index (χ2n) is 4.96. The van der Waals surface area contributed by atoms with Crippen LogP contribution in [0, 0.1) is 12.7 Å². The van der Waals surface area contributed by atoms with Gasteiger partial charge in [-0.05, 0) is 37.9 Å². The lowest BCUT2D eigenvalue weighted by molar-refractivity contribution is 0.424. The zero-order valence-corrected chi connectivity index (χ0v) is 11.8. The molecule has 1 aliphatic rings. The second kappa shape index (κ2) is 5.88. The summed E-state index contributed by atoms with van der Waals surface area (Å²) in [5, 5.41) is 3.18. The van der Waals surface area contributed by atoms with Crippen LogP contribution in [0.2, 0.25) is 0 Å². The van der Waals surface area contributed by atoms with Crippen LogP contribution in [0.4, 0.5) is 10.1 Å². The number of nitrogens with one attached hydrogen (secondary N) is 2. The Morgan fingerprint density at radius 2 is 2.21 bits per heavy atom. The first-order chi connectivity index (χ1) is 8.98. The number of sulfonamides is 1. The molecular weight excluding hydrogens is 267 g/mol. The van der Waals surface area contributed by atoms with E-state index in [9.17, 15) is 12.8 Å². The molecule has 1 atom stereocenters. The van der Waals surface area contributed by atoms with E-state index in [0.717, 1.165) is 25.8 Å². The quantitative estimate of drug-likeness (QED) is 0.890. The first kappa shape index (κ1) is 14.3. The number of hydrogen-bond acceptors (Lipinski definition) is 3. The molecule has 0 saturated carbocycles. The number of aryl methyl sites for hydroxylation is 1. The summed E-state index contributed by atoms with van der Waals surface area (Å²) in [6.07, 6.45) is 2.96. The molecule has 0 amide bonds. The lowest BCUT2D eigenvalue weighted by atomic mass is 10.1. The van der Waals surface area contributed by atoms with Crippen molar-refractivity contribution >= 4 is 15.7 Å². The van der Waals surface area contributed by atoms with Crippen molar-refractivity contribution in [3.05, 3.63) is 29.6 Å². The van der Waals surface area contributed by atoms with E-state index in [1.54, 1.807) is 19.1 Å². The smallest absolute Gasteiger partial charge is 0.234 e. The van der Waals surface area contributed by atoms with Crippen molar-refractivity contribution in [1.29, 1.82) is 0 Å². The first-order valence-electron chi connectivity index (χ1n) is 6.47. The average molecular weight is 286 g/mol. The first-order valence-corrected chi connectivity index (χ1v) is 8.12. The molecule has 0 radical (unpaired) electrons. The third kappa shape index (κ3) is 3.91. The number of piperidine rings is 1. The average Bonchev–Trinajstić information content (AvgIpc) is 2.35. The van der Waals surface area contributed by atoms with Gasteiger partial charge in [-0.1, -0.05) is 18.6 Å². The molecule has 1 heterocycles. The second-order valence-corrected chi connectivity index (χ2v) is 6.73. The predicted molar refractivity (Wildman–Crippen MR) is 74.2 cm³/mol. The largest absolute Gasteiger partial charge is 0.313 e. The molecule has 1 aliphatic heterocycles. The maximum atomic E-state index is 13.6. The molecule has 106 valence electrons. The zero-order valence-electron chi connectivity index (χ0n) is 10.9. The summed E-state index contributed by atoms with van der Waals surface area (Å²) in [5.74, 6) is -0.555. The fraction of sp³-hybridized carbons (Fsp3) is 0.538. The molecule has 19 heavy (non-hydrogen) atoms. The standard InChI is InChI=1S/C13H19FN2O2S/c1-10-5-4-7-12(14)13(10)16-19(17,18)9-11-6-2-3-8-15-11/h4-5,7,11,15-16H,2-3,6,8-9H2,1H3. The van der Waals surface area contributed by atoms with Gasteiger partial charge >= 0.3 is 0 Å². The lowest BCUT2D eigenvalue weighted by Gasteiger charge is -2.23. The Morgan fingerprint density at radius 3 is 2.84 bits per heavy atom. The van der Waals surface area contributed by atoms with Crippen molar-refractivity contribution in [1.82, 2.24) is 5.32 Å². The number of halogens is 1. The van der Waals surface area contributed by atoms with Crippen molar-refractivity contribution in [2.24, 2.45) is 0 Å². The monoisotopic (exact) mass is 286 g/mol. The number of benzene rings is 1. The van der Waals surface area contributed by atoms with Gasteiger partial charge in [-0.15, -0.1) is 0 Å². The van der Waals surface area contributed by atoms with Gasteiger partial charge in [0.05, 0.1) is 11.4 Å². The van der Waals surface area contributed by atoms with Gasteiger partial charge in [0, 0.05) is 6.04 Å². The number of anilines is 1. The molecule has 1 aromatic rings. The van der Waals surface area contributed by atoms with Crippen molar-refractivity contribution in [2.75, 3.05) is 17.0 Å². The van der Waals surface area contributed by atoms with Crippen molar-refractivity contribution in [3.8, 4) is 0 Å². The van der Waals surface area contributed by atoms with Gasteiger partial charge in [0.2, 0.25) is 10.0 Å². The van der Waals surface area contributed by atoms with Gasteiger partial charge in [-0.3, -0.25) is 4.72 Å². The van der Waals surface area contributed by atoms with E-state index in [0.29, 0.717) is 5.56 Å². The molecule has 0 aliphatic carbocycles. The van der Waals surface area contributed by atoms with Crippen LogP contribution in [0.3, 0.4) is 0 Å². The summed E-state index contributed by atoms with van der Waals surface area (Å²) < 4.78 is 40.1. The van der Waals surface area contributed by atoms with E-state index < -0.39 is 15.8 Å². The summed E-state index contributed by atoms with van der Waals surface area (Å²) >= 11 is 0. The molecule has 2 N–H and O–H groups in total. The molecule has 0 aromatic heterocycles. The Labute approximate surface area is 113 Å². The van der Waals surface area contributed by atoms with E-state index in [4.69, 9.17) is 0 Å². The highest BCUT2D eigenvalue weighted by Gasteiger charge is 2.22. The molecule has 6 heteroatoms. The highest BCUT2D eigenvalue weighted by Crippen LogP contribution is 2.20. The van der Waals surface area contributed by atoms with Crippen LogP contribution in [0.5, 0.6) is 0 Å². The van der Waals surface area contributed by atoms with Crippen molar-refractivity contribution in [2.45, 2.75) is 32.2 Å². The summed E-state index contributed by atoms with van der Waals surface area (Å²) in [6, 6.07) is 4.45. The molecule has 1 fully saturated rings. The van der Waals surface area contributed by atoms with Crippen LogP contribution in [0.25, 0.3) is 0 Å². The Balaban J connectivity index is 2.08. The van der Waals surface area contributed by atoms with E-state index >= 15 is 0 Å². The Morgan fingerprint density at radius 1 is 1.42 bits per heavy atom. The minimum atomic E-state index is -3.53. The van der Waals surface area contributed by atoms with Crippen LogP contribution in [-0.2, 0) is 10.0 Å². The number of para-hydroxylation sites is 1. The highest BCUT2D eigenvalue weighted by atomic mass is 32.2. The Kier molecular flexibility index (Phi) is 4.42. The molecule has 2 rings (SSSR count). The molecular formula is C13H19FN2O2S. The zero-order chi connectivity index (χ0) is 13.9. The number of hydrogen-bond donors (Lipinski definition) is 2. The highest BCUT2D eigenvalue weighted by molar-refractivity contribution is 7.92. The van der Waals surface area contributed by atoms with Gasteiger partial charge in [-0.25, -0.2) is 12.8 Å². The van der Waals surface area contributed by atoms with Crippen LogP contribution in [-0.4, -0.2) is 26.8 Å². The van der Waals surface area contributed by atoms with Crippen molar-refractivity contribution < 1.29 is 12.8 Å². The van der Waals surface area contributed by atoms with Crippen LogP contribution in [0.15, 0.2) is 18.2 Å². The minimum Gasteiger partial charge on any atom is -0.313 e. The normalized spacial score (nSPS) is 20.2. The fourth-order valence-corrected chi connectivity index (χ4v) is 3.76. The van der Waals surface area contributed by atoms with E-state index in [2.05, 4.69) is 10.0 Å². The minimum absolute atomic E-state index is 0.0131. The van der Waals surface area contributed by atoms with Gasteiger partial charge in [-0.2, -0.15) is 0 Å². The predicted octanol–water partition coefficient (Wildman–Crippen LogP) is 2.02. The van der Waals surface area contributed by atoms with E-state index in [-0.39, 0.29) is 17.5 Å². The third-order valence-electron chi connectivity index (χ3n) is 3.31. The van der Waals surface area contributed by atoms with Gasteiger partial charge in [0.15, 0.2) is 0 Å². The van der Waals surface area contributed by atoms with Gasteiger partial charge in [0.25, 0.3) is 0 Å². The molecule has 1 saturated heterocycles. The summed E-state index contributed by atoms with van der Waals surface area (Å²) in [6.45, 7) is 2.53. The van der Waals surface area contributed by atoms with Crippen molar-refractivity contribution in [3.63, 3.8) is 0 Å². The molecule has 1 aromatic carbocycles. The maximum Gasteiger partial charge on any atom is 0.234 e. The molecule has 4 nitrogen and oxygen atoms in total. The van der Waals surface area contributed by atoms with E-state index in [1.165, 1.54) is 6.07 Å². The van der Waals surface area contributed by atoms with Crippen LogP contribution >= 0.6 is 0 Å². The van der Waals surface area contributed by atoms with Crippen LogP contribution in [0.1, 0.15) is 24.8 Å².